The van der Waals surface area contributed by atoms with Crippen LogP contribution < -0.4 is 0 Å². The van der Waals surface area contributed by atoms with Gasteiger partial charge in [-0.25, -0.2) is 0 Å². The Morgan fingerprint density at radius 1 is 0.826 bits per heavy atom. The summed E-state index contributed by atoms with van der Waals surface area (Å²) in [5.41, 5.74) is 3.07. The molecule has 2 aliphatic carbocycles. The molecule has 0 bridgehead atoms. The lowest BCUT2D eigenvalue weighted by molar-refractivity contribution is 0.171. The Morgan fingerprint density at radius 3 is 1.91 bits per heavy atom. The Balaban J connectivity index is 1.48. The zero-order valence-corrected chi connectivity index (χ0v) is 15.1. The molecule has 0 amide bonds. The molecular formula is C23H34. The molecule has 0 atom stereocenters. The zero-order valence-electron chi connectivity index (χ0n) is 15.1. The Hall–Kier alpha value is -1.04. The van der Waals surface area contributed by atoms with Crippen LogP contribution in [0.4, 0.5) is 0 Å². The second-order valence-electron chi connectivity index (χ2n) is 7.91. The van der Waals surface area contributed by atoms with Crippen molar-refractivity contribution < 1.29 is 0 Å². The van der Waals surface area contributed by atoms with Gasteiger partial charge in [0.1, 0.15) is 0 Å². The Labute approximate surface area is 143 Å². The van der Waals surface area contributed by atoms with E-state index >= 15 is 0 Å². The molecule has 1 aromatic carbocycles. The summed E-state index contributed by atoms with van der Waals surface area (Å²) in [6.07, 6.45) is 17.5. The van der Waals surface area contributed by atoms with E-state index in [9.17, 15) is 0 Å². The Bertz CT molecular complexity index is 479. The second kappa shape index (κ2) is 8.18. The lowest BCUT2D eigenvalue weighted by Crippen LogP contribution is -2.25. The molecule has 0 N–H and O–H groups in total. The third-order valence-corrected chi connectivity index (χ3v) is 6.58. The number of hydrogen-bond donors (Lipinski definition) is 0. The van der Waals surface area contributed by atoms with Crippen molar-refractivity contribution >= 4 is 0 Å². The number of allylic oxidation sites excluding steroid dienone is 2. The molecule has 0 aliphatic heterocycles. The smallest absolute Gasteiger partial charge is 0.0162 e. The van der Waals surface area contributed by atoms with Gasteiger partial charge in [-0.1, -0.05) is 43.3 Å². The summed E-state index contributed by atoms with van der Waals surface area (Å²) in [4.78, 5) is 0. The van der Waals surface area contributed by atoms with Gasteiger partial charge in [0.15, 0.2) is 0 Å². The first-order chi connectivity index (χ1) is 11.3. The van der Waals surface area contributed by atoms with E-state index in [0.717, 1.165) is 30.1 Å². The molecular weight excluding hydrogens is 276 g/mol. The number of aryl methyl sites for hydroxylation is 1. The van der Waals surface area contributed by atoms with Crippen LogP contribution in [0.1, 0.15) is 82.3 Å². The van der Waals surface area contributed by atoms with E-state index in [-0.39, 0.29) is 0 Å². The standard InChI is InChI=1S/C23H34/c1-3-5-19-8-12-21(13-9-19)23-16-14-22(15-17-23)20-10-6-18(4-2)7-11-20/h3,5-7,10-11,19,21-23H,4,8-9,12-17H2,1-2H3. The van der Waals surface area contributed by atoms with E-state index in [1.54, 1.807) is 5.56 Å². The maximum absolute atomic E-state index is 2.44. The van der Waals surface area contributed by atoms with Crippen molar-refractivity contribution in [3.05, 3.63) is 47.5 Å². The van der Waals surface area contributed by atoms with Gasteiger partial charge in [-0.05, 0) is 99.5 Å². The van der Waals surface area contributed by atoms with Crippen molar-refractivity contribution in [1.29, 1.82) is 0 Å². The summed E-state index contributed by atoms with van der Waals surface area (Å²) < 4.78 is 0. The molecule has 126 valence electrons. The zero-order chi connectivity index (χ0) is 16.1. The minimum atomic E-state index is 0.830. The predicted octanol–water partition coefficient (Wildman–Crippen LogP) is 6.91. The normalized spacial score (nSPS) is 32.3. The van der Waals surface area contributed by atoms with Gasteiger partial charge in [0.25, 0.3) is 0 Å². The summed E-state index contributed by atoms with van der Waals surface area (Å²) in [5, 5.41) is 0. The van der Waals surface area contributed by atoms with Crippen LogP contribution in [0.3, 0.4) is 0 Å². The quantitative estimate of drug-likeness (QED) is 0.530. The van der Waals surface area contributed by atoms with Crippen molar-refractivity contribution in [2.24, 2.45) is 17.8 Å². The maximum atomic E-state index is 2.44. The van der Waals surface area contributed by atoms with E-state index in [1.807, 2.05) is 0 Å². The molecule has 0 heterocycles. The summed E-state index contributed by atoms with van der Waals surface area (Å²) in [6.45, 7) is 4.41. The van der Waals surface area contributed by atoms with Gasteiger partial charge in [0.05, 0.1) is 0 Å². The molecule has 2 saturated carbocycles. The van der Waals surface area contributed by atoms with E-state index in [2.05, 4.69) is 50.3 Å². The fourth-order valence-electron chi connectivity index (χ4n) is 5.03. The van der Waals surface area contributed by atoms with Gasteiger partial charge < -0.3 is 0 Å². The molecule has 0 heteroatoms. The summed E-state index contributed by atoms with van der Waals surface area (Å²) in [6, 6.07) is 9.46. The van der Waals surface area contributed by atoms with Crippen molar-refractivity contribution in [1.82, 2.24) is 0 Å². The first-order valence-corrected chi connectivity index (χ1v) is 10.0. The van der Waals surface area contributed by atoms with Crippen LogP contribution in [-0.2, 0) is 6.42 Å². The van der Waals surface area contributed by atoms with Crippen LogP contribution in [-0.4, -0.2) is 0 Å². The van der Waals surface area contributed by atoms with Crippen LogP contribution in [0, 0.1) is 17.8 Å². The molecule has 2 fully saturated rings. The monoisotopic (exact) mass is 310 g/mol. The van der Waals surface area contributed by atoms with Crippen LogP contribution in [0.15, 0.2) is 36.4 Å². The number of hydrogen-bond acceptors (Lipinski definition) is 0. The largest absolute Gasteiger partial charge is 0.0914 e. The highest BCUT2D eigenvalue weighted by Crippen LogP contribution is 2.44. The van der Waals surface area contributed by atoms with Crippen molar-refractivity contribution in [3.8, 4) is 0 Å². The maximum Gasteiger partial charge on any atom is -0.0162 e. The fourth-order valence-corrected chi connectivity index (χ4v) is 5.03. The molecule has 0 nitrogen and oxygen atoms in total. The van der Waals surface area contributed by atoms with E-state index in [4.69, 9.17) is 0 Å². The van der Waals surface area contributed by atoms with E-state index in [0.29, 0.717) is 0 Å². The van der Waals surface area contributed by atoms with Gasteiger partial charge in [0.2, 0.25) is 0 Å². The highest BCUT2D eigenvalue weighted by Gasteiger charge is 2.30. The lowest BCUT2D eigenvalue weighted by Gasteiger charge is -2.37. The summed E-state index contributed by atoms with van der Waals surface area (Å²) in [7, 11) is 0. The van der Waals surface area contributed by atoms with Crippen molar-refractivity contribution in [2.45, 2.75) is 77.6 Å². The molecule has 0 aromatic heterocycles. The average molecular weight is 311 g/mol. The first-order valence-electron chi connectivity index (χ1n) is 10.0. The highest BCUT2D eigenvalue weighted by molar-refractivity contribution is 5.25. The van der Waals surface area contributed by atoms with Gasteiger partial charge >= 0.3 is 0 Å². The molecule has 0 saturated heterocycles. The summed E-state index contributed by atoms with van der Waals surface area (Å²) >= 11 is 0. The first kappa shape index (κ1) is 16.8. The van der Waals surface area contributed by atoms with Crippen LogP contribution >= 0.6 is 0 Å². The molecule has 23 heavy (non-hydrogen) atoms. The third kappa shape index (κ3) is 4.28. The van der Waals surface area contributed by atoms with E-state index in [1.165, 1.54) is 56.9 Å². The number of rotatable bonds is 4. The number of benzene rings is 1. The second-order valence-corrected chi connectivity index (χ2v) is 7.91. The molecule has 3 rings (SSSR count). The van der Waals surface area contributed by atoms with Crippen LogP contribution in [0.2, 0.25) is 0 Å². The highest BCUT2D eigenvalue weighted by atomic mass is 14.4. The van der Waals surface area contributed by atoms with Gasteiger partial charge in [-0.3, -0.25) is 0 Å². The minimum absolute atomic E-state index is 0.830. The molecule has 0 unspecified atom stereocenters. The van der Waals surface area contributed by atoms with Crippen molar-refractivity contribution in [2.75, 3.05) is 0 Å². The predicted molar refractivity (Wildman–Crippen MR) is 101 cm³/mol. The van der Waals surface area contributed by atoms with Crippen molar-refractivity contribution in [3.63, 3.8) is 0 Å². The SMILES string of the molecule is CC=CC1CCC(C2CCC(c3ccc(CC)cc3)CC2)CC1. The van der Waals surface area contributed by atoms with Gasteiger partial charge in [0, 0.05) is 0 Å². The van der Waals surface area contributed by atoms with Gasteiger partial charge in [-0.15, -0.1) is 0 Å². The lowest BCUT2D eigenvalue weighted by atomic mass is 9.68. The van der Waals surface area contributed by atoms with Crippen LogP contribution in [0.5, 0.6) is 0 Å². The molecule has 2 aliphatic rings. The van der Waals surface area contributed by atoms with E-state index < -0.39 is 0 Å². The molecule has 0 spiro atoms. The summed E-state index contributed by atoms with van der Waals surface area (Å²) in [5.74, 6) is 3.76. The Morgan fingerprint density at radius 2 is 1.39 bits per heavy atom. The van der Waals surface area contributed by atoms with Crippen LogP contribution in [0.25, 0.3) is 0 Å². The molecule has 0 radical (unpaired) electrons. The molecule has 1 aromatic rings. The Kier molecular flexibility index (Phi) is 5.97. The fraction of sp³-hybridized carbons (Fsp3) is 0.652. The van der Waals surface area contributed by atoms with Gasteiger partial charge in [-0.2, -0.15) is 0 Å². The third-order valence-electron chi connectivity index (χ3n) is 6.58. The topological polar surface area (TPSA) is 0 Å². The minimum Gasteiger partial charge on any atom is -0.0914 e. The average Bonchev–Trinajstić information content (AvgIpc) is 2.63.